The minimum Gasteiger partial charge on any atom is -0.492 e. The molecule has 2 N–H and O–H groups in total. The van der Waals surface area contributed by atoms with Crippen molar-refractivity contribution in [3.8, 4) is 17.2 Å². The Morgan fingerprint density at radius 3 is 2.78 bits per heavy atom. The molecule has 1 aromatic carbocycles. The van der Waals surface area contributed by atoms with Crippen molar-refractivity contribution in [2.45, 2.75) is 31.2 Å². The van der Waals surface area contributed by atoms with Crippen LogP contribution in [0.25, 0.3) is 0 Å². The Morgan fingerprint density at radius 1 is 1.28 bits per heavy atom. The topological polar surface area (TPSA) is 53.7 Å². The molecule has 3 rings (SSSR count). The Morgan fingerprint density at radius 2 is 2.06 bits per heavy atom. The van der Waals surface area contributed by atoms with Crippen molar-refractivity contribution in [1.82, 2.24) is 0 Å². The average molecular weight is 249 g/mol. The maximum Gasteiger partial charge on any atom is 0.203 e. The number of ether oxygens (including phenoxy) is 3. The van der Waals surface area contributed by atoms with Gasteiger partial charge in [-0.2, -0.15) is 0 Å². The fourth-order valence-corrected chi connectivity index (χ4v) is 2.33. The van der Waals surface area contributed by atoms with E-state index >= 15 is 0 Å². The van der Waals surface area contributed by atoms with Gasteiger partial charge in [0.15, 0.2) is 11.5 Å². The average Bonchev–Trinajstić information content (AvgIpc) is 3.12. The van der Waals surface area contributed by atoms with Gasteiger partial charge in [-0.25, -0.2) is 0 Å². The van der Waals surface area contributed by atoms with Crippen LogP contribution in [0.3, 0.4) is 0 Å². The van der Waals surface area contributed by atoms with Gasteiger partial charge in [0.25, 0.3) is 0 Å². The maximum absolute atomic E-state index is 6.18. The number of hydrogen-bond acceptors (Lipinski definition) is 4. The summed E-state index contributed by atoms with van der Waals surface area (Å²) in [4.78, 5) is 0. The van der Waals surface area contributed by atoms with Crippen molar-refractivity contribution in [3.05, 3.63) is 17.7 Å². The van der Waals surface area contributed by atoms with Crippen molar-refractivity contribution >= 4 is 0 Å². The summed E-state index contributed by atoms with van der Waals surface area (Å²) in [5.74, 6) is 2.29. The maximum atomic E-state index is 6.18. The molecule has 0 aromatic heterocycles. The molecule has 0 bridgehead atoms. The first-order valence-electron chi connectivity index (χ1n) is 6.46. The fourth-order valence-electron chi connectivity index (χ4n) is 2.33. The van der Waals surface area contributed by atoms with Crippen LogP contribution in [-0.4, -0.2) is 25.9 Å². The van der Waals surface area contributed by atoms with Crippen LogP contribution < -0.4 is 19.9 Å². The van der Waals surface area contributed by atoms with Gasteiger partial charge in [-0.05, 0) is 25.3 Å². The number of methoxy groups -OCH3 is 1. The highest BCUT2D eigenvalue weighted by Crippen LogP contribution is 2.45. The van der Waals surface area contributed by atoms with E-state index in [1.807, 2.05) is 12.1 Å². The van der Waals surface area contributed by atoms with Gasteiger partial charge >= 0.3 is 0 Å². The van der Waals surface area contributed by atoms with Crippen LogP contribution in [0.4, 0.5) is 0 Å². The lowest BCUT2D eigenvalue weighted by Gasteiger charge is -2.17. The van der Waals surface area contributed by atoms with E-state index in [1.54, 1.807) is 7.11 Å². The molecule has 1 aromatic rings. The van der Waals surface area contributed by atoms with Gasteiger partial charge in [-0.3, -0.25) is 0 Å². The minimum absolute atomic E-state index is 0.0346. The Bertz CT molecular complexity index is 455. The van der Waals surface area contributed by atoms with Crippen molar-refractivity contribution < 1.29 is 14.2 Å². The molecule has 0 amide bonds. The van der Waals surface area contributed by atoms with E-state index < -0.39 is 0 Å². The van der Waals surface area contributed by atoms with Crippen LogP contribution in [0.15, 0.2) is 12.1 Å². The molecule has 98 valence electrons. The third-order valence-electron chi connectivity index (χ3n) is 3.59. The number of rotatable bonds is 3. The van der Waals surface area contributed by atoms with E-state index in [0.717, 1.165) is 48.5 Å². The number of fused-ring (bicyclic) bond motifs is 1. The molecule has 2 aliphatic rings. The summed E-state index contributed by atoms with van der Waals surface area (Å²) in [5, 5.41) is 0. The third kappa shape index (κ3) is 2.12. The van der Waals surface area contributed by atoms with Crippen molar-refractivity contribution in [2.75, 3.05) is 20.3 Å². The largest absolute Gasteiger partial charge is 0.492 e. The summed E-state index contributed by atoms with van der Waals surface area (Å²) >= 11 is 0. The summed E-state index contributed by atoms with van der Waals surface area (Å²) in [6.45, 7) is 1.36. The molecule has 0 atom stereocenters. The summed E-state index contributed by atoms with van der Waals surface area (Å²) in [7, 11) is 1.67. The molecule has 1 aliphatic heterocycles. The van der Waals surface area contributed by atoms with Gasteiger partial charge in [-0.1, -0.05) is 6.07 Å². The summed E-state index contributed by atoms with van der Waals surface area (Å²) in [6, 6.07) is 4.00. The number of hydrogen-bond donors (Lipinski definition) is 1. The van der Waals surface area contributed by atoms with Gasteiger partial charge in [0.1, 0.15) is 0 Å². The monoisotopic (exact) mass is 249 g/mol. The van der Waals surface area contributed by atoms with E-state index in [-0.39, 0.29) is 5.54 Å². The zero-order chi connectivity index (χ0) is 12.6. The SMILES string of the molecule is COc1c(CC2(N)CC2)ccc2c1OCCCO2. The minimum atomic E-state index is -0.0346. The Balaban J connectivity index is 1.96. The molecule has 4 nitrogen and oxygen atoms in total. The van der Waals surface area contributed by atoms with E-state index in [1.165, 1.54) is 0 Å². The molecular formula is C14H19NO3. The fraction of sp³-hybridized carbons (Fsp3) is 0.571. The predicted molar refractivity (Wildman–Crippen MR) is 68.5 cm³/mol. The molecule has 18 heavy (non-hydrogen) atoms. The molecule has 1 saturated carbocycles. The number of benzene rings is 1. The molecule has 1 heterocycles. The highest BCUT2D eigenvalue weighted by atomic mass is 16.5. The van der Waals surface area contributed by atoms with Gasteiger partial charge in [0.05, 0.1) is 20.3 Å². The van der Waals surface area contributed by atoms with Crippen LogP contribution in [-0.2, 0) is 6.42 Å². The van der Waals surface area contributed by atoms with E-state index in [0.29, 0.717) is 13.2 Å². The molecule has 0 saturated heterocycles. The highest BCUT2D eigenvalue weighted by Gasteiger charge is 2.39. The highest BCUT2D eigenvalue weighted by molar-refractivity contribution is 5.56. The quantitative estimate of drug-likeness (QED) is 0.888. The van der Waals surface area contributed by atoms with Gasteiger partial charge in [0, 0.05) is 17.5 Å². The second-order valence-corrected chi connectivity index (χ2v) is 5.17. The smallest absolute Gasteiger partial charge is 0.203 e. The van der Waals surface area contributed by atoms with Crippen LogP contribution >= 0.6 is 0 Å². The second-order valence-electron chi connectivity index (χ2n) is 5.17. The van der Waals surface area contributed by atoms with Gasteiger partial charge in [-0.15, -0.1) is 0 Å². The van der Waals surface area contributed by atoms with E-state index in [4.69, 9.17) is 19.9 Å². The lowest BCUT2D eigenvalue weighted by molar-refractivity contribution is 0.288. The van der Waals surface area contributed by atoms with Crippen LogP contribution in [0.1, 0.15) is 24.8 Å². The molecule has 4 heteroatoms. The van der Waals surface area contributed by atoms with Crippen molar-refractivity contribution in [1.29, 1.82) is 0 Å². The molecule has 1 aliphatic carbocycles. The first-order valence-corrected chi connectivity index (χ1v) is 6.46. The molecule has 0 radical (unpaired) electrons. The van der Waals surface area contributed by atoms with Crippen molar-refractivity contribution in [2.24, 2.45) is 5.73 Å². The molecule has 0 unspecified atom stereocenters. The van der Waals surface area contributed by atoms with Gasteiger partial charge < -0.3 is 19.9 Å². The lowest BCUT2D eigenvalue weighted by atomic mass is 10.0. The molecule has 0 spiro atoms. The first kappa shape index (κ1) is 11.7. The molecule has 1 fully saturated rings. The summed E-state index contributed by atoms with van der Waals surface area (Å²) in [6.07, 6.45) is 3.91. The molecular weight excluding hydrogens is 230 g/mol. The Labute approximate surface area is 107 Å². The van der Waals surface area contributed by atoms with E-state index in [9.17, 15) is 0 Å². The van der Waals surface area contributed by atoms with Crippen LogP contribution in [0.5, 0.6) is 17.2 Å². The third-order valence-corrected chi connectivity index (χ3v) is 3.59. The predicted octanol–water partition coefficient (Wildman–Crippen LogP) is 1.89. The van der Waals surface area contributed by atoms with Crippen LogP contribution in [0.2, 0.25) is 0 Å². The second kappa shape index (κ2) is 4.35. The standard InChI is InChI=1S/C14H19NO3/c1-16-12-10(9-14(15)5-6-14)3-4-11-13(12)18-8-2-7-17-11/h3-4H,2,5-9,15H2,1H3. The van der Waals surface area contributed by atoms with Gasteiger partial charge in [0.2, 0.25) is 5.75 Å². The zero-order valence-electron chi connectivity index (χ0n) is 10.7. The Kier molecular flexibility index (Phi) is 2.82. The Hall–Kier alpha value is -1.42. The zero-order valence-corrected chi connectivity index (χ0v) is 10.7. The van der Waals surface area contributed by atoms with Crippen molar-refractivity contribution in [3.63, 3.8) is 0 Å². The first-order chi connectivity index (χ1) is 8.72. The van der Waals surface area contributed by atoms with Crippen LogP contribution in [0, 0.1) is 0 Å². The summed E-state index contributed by atoms with van der Waals surface area (Å²) in [5.41, 5.74) is 7.26. The lowest BCUT2D eigenvalue weighted by Crippen LogP contribution is -2.24. The van der Waals surface area contributed by atoms with E-state index in [2.05, 4.69) is 0 Å². The number of nitrogens with two attached hydrogens (primary N) is 1. The normalized spacial score (nSPS) is 20.1. The summed E-state index contributed by atoms with van der Waals surface area (Å²) < 4.78 is 16.9.